The number of ether oxygens (including phenoxy) is 1. The van der Waals surface area contributed by atoms with Crippen molar-refractivity contribution in [3.05, 3.63) is 53.2 Å². The minimum absolute atomic E-state index is 0.0292. The molecule has 1 aliphatic rings. The molecule has 2 aromatic heterocycles. The Labute approximate surface area is 161 Å². The summed E-state index contributed by atoms with van der Waals surface area (Å²) in [7, 11) is 0. The van der Waals surface area contributed by atoms with Crippen LogP contribution in [0.25, 0.3) is 10.8 Å². The molecule has 0 N–H and O–H groups in total. The Morgan fingerprint density at radius 2 is 2.11 bits per heavy atom. The average molecular weight is 383 g/mol. The molecular weight excluding hydrogens is 362 g/mol. The Balaban J connectivity index is 1.40. The van der Waals surface area contributed by atoms with Crippen molar-refractivity contribution in [3.63, 3.8) is 0 Å². The Morgan fingerprint density at radius 1 is 1.30 bits per heavy atom. The highest BCUT2D eigenvalue weighted by molar-refractivity contribution is 7.13. The van der Waals surface area contributed by atoms with Crippen LogP contribution in [-0.2, 0) is 11.3 Å². The second-order valence-corrected chi connectivity index (χ2v) is 7.87. The molecule has 1 aromatic carbocycles. The first-order chi connectivity index (χ1) is 13.1. The summed E-state index contributed by atoms with van der Waals surface area (Å²) < 4.78 is 11.0. The fraction of sp³-hybridized carbons (Fsp3) is 0.350. The van der Waals surface area contributed by atoms with Crippen LogP contribution in [0.15, 0.2) is 46.3 Å². The molecule has 1 aliphatic heterocycles. The molecule has 1 fully saturated rings. The standard InChI is InChI=1S/C20H21N3O3S/c1-13(2)25-16-7-5-14(6-8-16)11-23-12-15(10-18(23)24)19-21-20(26-22-19)17-4-3-9-27-17/h3-9,13,15H,10-12H2,1-2H3. The fourth-order valence-corrected chi connectivity index (χ4v) is 3.81. The third kappa shape index (κ3) is 4.03. The molecule has 3 aromatic rings. The lowest BCUT2D eigenvalue weighted by Crippen LogP contribution is -2.24. The maximum atomic E-state index is 12.4. The molecule has 3 heterocycles. The molecule has 0 spiro atoms. The third-order valence-electron chi connectivity index (χ3n) is 4.42. The monoisotopic (exact) mass is 383 g/mol. The fourth-order valence-electron chi connectivity index (χ4n) is 3.16. The van der Waals surface area contributed by atoms with E-state index in [9.17, 15) is 4.79 Å². The highest BCUT2D eigenvalue weighted by Crippen LogP contribution is 2.30. The zero-order valence-electron chi connectivity index (χ0n) is 15.3. The number of aromatic nitrogens is 2. The smallest absolute Gasteiger partial charge is 0.267 e. The van der Waals surface area contributed by atoms with E-state index in [-0.39, 0.29) is 17.9 Å². The lowest BCUT2D eigenvalue weighted by Gasteiger charge is -2.17. The van der Waals surface area contributed by atoms with Gasteiger partial charge in [0.15, 0.2) is 5.82 Å². The first-order valence-corrected chi connectivity index (χ1v) is 9.87. The Morgan fingerprint density at radius 3 is 2.81 bits per heavy atom. The summed E-state index contributed by atoms with van der Waals surface area (Å²) in [5, 5.41) is 6.06. The highest BCUT2D eigenvalue weighted by Gasteiger charge is 2.33. The van der Waals surface area contributed by atoms with Gasteiger partial charge in [0.25, 0.3) is 5.89 Å². The largest absolute Gasteiger partial charge is 0.491 e. The summed E-state index contributed by atoms with van der Waals surface area (Å²) in [5.74, 6) is 2.05. The molecular formula is C20H21N3O3S. The van der Waals surface area contributed by atoms with E-state index in [4.69, 9.17) is 9.26 Å². The number of nitrogens with zero attached hydrogens (tertiary/aromatic N) is 3. The molecule has 4 rings (SSSR count). The third-order valence-corrected chi connectivity index (χ3v) is 5.28. The SMILES string of the molecule is CC(C)Oc1ccc(CN2CC(c3noc(-c4cccs4)n3)CC2=O)cc1. The predicted molar refractivity (Wildman–Crippen MR) is 103 cm³/mol. The number of rotatable bonds is 6. The van der Waals surface area contributed by atoms with E-state index in [1.165, 1.54) is 0 Å². The summed E-state index contributed by atoms with van der Waals surface area (Å²) in [4.78, 5) is 19.7. The van der Waals surface area contributed by atoms with E-state index in [1.54, 1.807) is 11.3 Å². The molecule has 0 saturated carbocycles. The lowest BCUT2D eigenvalue weighted by atomic mass is 10.1. The maximum absolute atomic E-state index is 12.4. The quantitative estimate of drug-likeness (QED) is 0.641. The van der Waals surface area contributed by atoms with Crippen LogP contribution in [0.2, 0.25) is 0 Å². The van der Waals surface area contributed by atoms with Gasteiger partial charge in [0.1, 0.15) is 5.75 Å². The van der Waals surface area contributed by atoms with Crippen LogP contribution in [0.3, 0.4) is 0 Å². The van der Waals surface area contributed by atoms with Crippen molar-refractivity contribution in [2.75, 3.05) is 6.54 Å². The summed E-state index contributed by atoms with van der Waals surface area (Å²) in [5.41, 5.74) is 1.08. The Hall–Kier alpha value is -2.67. The predicted octanol–water partition coefficient (Wildman–Crippen LogP) is 4.10. The molecule has 0 radical (unpaired) electrons. The van der Waals surface area contributed by atoms with Crippen LogP contribution in [0.5, 0.6) is 5.75 Å². The number of carbonyl (C=O) groups excluding carboxylic acids is 1. The molecule has 1 amide bonds. The minimum atomic E-state index is -0.0292. The van der Waals surface area contributed by atoms with Gasteiger partial charge in [0, 0.05) is 25.4 Å². The number of thiophene rings is 1. The van der Waals surface area contributed by atoms with Crippen LogP contribution >= 0.6 is 11.3 Å². The van der Waals surface area contributed by atoms with E-state index in [2.05, 4.69) is 10.1 Å². The van der Waals surface area contributed by atoms with Crippen LogP contribution in [0, 0.1) is 0 Å². The summed E-state index contributed by atoms with van der Waals surface area (Å²) in [6, 6.07) is 11.8. The van der Waals surface area contributed by atoms with Crippen molar-refractivity contribution >= 4 is 17.2 Å². The molecule has 1 saturated heterocycles. The number of hydrogen-bond donors (Lipinski definition) is 0. The summed E-state index contributed by atoms with van der Waals surface area (Å²) in [6.07, 6.45) is 0.559. The maximum Gasteiger partial charge on any atom is 0.267 e. The van der Waals surface area contributed by atoms with Gasteiger partial charge in [-0.2, -0.15) is 4.98 Å². The van der Waals surface area contributed by atoms with Gasteiger partial charge in [-0.3, -0.25) is 4.79 Å². The molecule has 1 unspecified atom stereocenters. The number of likely N-dealkylation sites (tertiary alicyclic amines) is 1. The molecule has 0 bridgehead atoms. The second kappa shape index (κ2) is 7.52. The van der Waals surface area contributed by atoms with Crippen LogP contribution in [-0.4, -0.2) is 33.6 Å². The van der Waals surface area contributed by atoms with Gasteiger partial charge in [-0.25, -0.2) is 0 Å². The van der Waals surface area contributed by atoms with Crippen molar-refractivity contribution in [1.82, 2.24) is 15.0 Å². The normalized spacial score (nSPS) is 17.1. The van der Waals surface area contributed by atoms with Crippen molar-refractivity contribution in [3.8, 4) is 16.5 Å². The van der Waals surface area contributed by atoms with Gasteiger partial charge in [0.05, 0.1) is 11.0 Å². The zero-order valence-corrected chi connectivity index (χ0v) is 16.1. The second-order valence-electron chi connectivity index (χ2n) is 6.92. The molecule has 27 heavy (non-hydrogen) atoms. The highest BCUT2D eigenvalue weighted by atomic mass is 32.1. The first-order valence-electron chi connectivity index (χ1n) is 8.99. The lowest BCUT2D eigenvalue weighted by molar-refractivity contribution is -0.128. The van der Waals surface area contributed by atoms with E-state index in [0.717, 1.165) is 16.2 Å². The van der Waals surface area contributed by atoms with Crippen LogP contribution in [0.1, 0.15) is 37.6 Å². The first kappa shape index (κ1) is 17.7. The Bertz CT molecular complexity index is 903. The van der Waals surface area contributed by atoms with Crippen molar-refractivity contribution in [1.29, 1.82) is 0 Å². The van der Waals surface area contributed by atoms with Gasteiger partial charge in [-0.1, -0.05) is 23.4 Å². The van der Waals surface area contributed by atoms with Crippen molar-refractivity contribution in [2.45, 2.75) is 38.8 Å². The van der Waals surface area contributed by atoms with Gasteiger partial charge >= 0.3 is 0 Å². The van der Waals surface area contributed by atoms with Crippen LogP contribution < -0.4 is 4.74 Å². The Kier molecular flexibility index (Phi) is 4.94. The topological polar surface area (TPSA) is 68.5 Å². The number of amides is 1. The van der Waals surface area contributed by atoms with Crippen molar-refractivity contribution in [2.24, 2.45) is 0 Å². The molecule has 1 atom stereocenters. The van der Waals surface area contributed by atoms with Gasteiger partial charge < -0.3 is 14.2 Å². The molecule has 7 heteroatoms. The van der Waals surface area contributed by atoms with E-state index in [0.29, 0.717) is 31.2 Å². The van der Waals surface area contributed by atoms with E-state index < -0.39 is 0 Å². The van der Waals surface area contributed by atoms with Crippen LogP contribution in [0.4, 0.5) is 0 Å². The van der Waals surface area contributed by atoms with E-state index >= 15 is 0 Å². The number of hydrogen-bond acceptors (Lipinski definition) is 6. The van der Waals surface area contributed by atoms with Gasteiger partial charge in [-0.05, 0) is 43.0 Å². The molecule has 0 aliphatic carbocycles. The minimum Gasteiger partial charge on any atom is -0.491 e. The number of carbonyl (C=O) groups is 1. The summed E-state index contributed by atoms with van der Waals surface area (Å²) in [6.45, 7) is 5.18. The molecule has 6 nitrogen and oxygen atoms in total. The van der Waals surface area contributed by atoms with Gasteiger partial charge in [0.2, 0.25) is 5.91 Å². The average Bonchev–Trinajstić information content (AvgIpc) is 3.37. The van der Waals surface area contributed by atoms with Crippen molar-refractivity contribution < 1.29 is 14.1 Å². The summed E-state index contributed by atoms with van der Waals surface area (Å²) >= 11 is 1.56. The molecule has 140 valence electrons. The number of benzene rings is 1. The van der Waals surface area contributed by atoms with Gasteiger partial charge in [-0.15, -0.1) is 11.3 Å². The van der Waals surface area contributed by atoms with E-state index in [1.807, 2.05) is 60.5 Å². The zero-order chi connectivity index (χ0) is 18.8.